The molecule has 1 amide bonds. The quantitative estimate of drug-likeness (QED) is 0.844. The fourth-order valence-electron chi connectivity index (χ4n) is 2.18. The Balaban J connectivity index is 2.21. The second-order valence-corrected chi connectivity index (χ2v) is 6.57. The zero-order valence-corrected chi connectivity index (χ0v) is 14.4. The molecule has 2 aromatic rings. The summed E-state index contributed by atoms with van der Waals surface area (Å²) in [6, 6.07) is 6.20. The molecule has 0 aliphatic heterocycles. The maximum absolute atomic E-state index is 13.4. The van der Waals surface area contributed by atoms with Gasteiger partial charge in [-0.25, -0.2) is 4.98 Å². The number of rotatable bonds is 5. The van der Waals surface area contributed by atoms with Gasteiger partial charge in [0, 0.05) is 30.2 Å². The maximum atomic E-state index is 13.4. The highest BCUT2D eigenvalue weighted by Crippen LogP contribution is 2.43. The van der Waals surface area contributed by atoms with Crippen LogP contribution in [0.4, 0.5) is 13.2 Å². The molecule has 0 aliphatic carbocycles. The molecular formula is C16H17F3N2O3S. The molecule has 0 saturated heterocycles. The third kappa shape index (κ3) is 4.10. The van der Waals surface area contributed by atoms with Crippen LogP contribution < -0.4 is 0 Å². The number of phenolic OH excluding ortho intramolecular Hbond substituents is 1. The molecule has 1 aromatic carbocycles. The third-order valence-electron chi connectivity index (χ3n) is 3.67. The van der Waals surface area contributed by atoms with Crippen LogP contribution in [-0.2, 0) is 16.9 Å². The van der Waals surface area contributed by atoms with Gasteiger partial charge in [0.05, 0.1) is 6.42 Å². The average Bonchev–Trinajstić information content (AvgIpc) is 2.95. The van der Waals surface area contributed by atoms with Gasteiger partial charge in [0.1, 0.15) is 10.8 Å². The second-order valence-electron chi connectivity index (χ2n) is 5.71. The molecule has 136 valence electrons. The Kier molecular flexibility index (Phi) is 5.38. The second kappa shape index (κ2) is 7.01. The SMILES string of the molecule is Cc1csc([C@](O)(CC(=O)N(C)Cc2ccccc2O)C(F)(F)F)n1. The number of hydrogen-bond donors (Lipinski definition) is 2. The van der Waals surface area contributed by atoms with E-state index in [1.807, 2.05) is 0 Å². The van der Waals surface area contributed by atoms with E-state index in [1.165, 1.54) is 25.4 Å². The number of carbonyl (C=O) groups excluding carboxylic acids is 1. The van der Waals surface area contributed by atoms with Gasteiger partial charge in [-0.15, -0.1) is 11.3 Å². The zero-order valence-electron chi connectivity index (χ0n) is 13.5. The number of nitrogens with zero attached hydrogens (tertiary/aromatic N) is 2. The van der Waals surface area contributed by atoms with E-state index in [2.05, 4.69) is 4.98 Å². The van der Waals surface area contributed by atoms with Gasteiger partial charge in [0.2, 0.25) is 11.5 Å². The van der Waals surface area contributed by atoms with Gasteiger partial charge in [-0.3, -0.25) is 4.79 Å². The summed E-state index contributed by atoms with van der Waals surface area (Å²) in [6.07, 6.45) is -6.24. The molecule has 0 spiro atoms. The number of benzene rings is 1. The van der Waals surface area contributed by atoms with E-state index in [0.717, 1.165) is 4.90 Å². The Morgan fingerprint density at radius 3 is 2.48 bits per heavy atom. The van der Waals surface area contributed by atoms with Crippen LogP contribution in [0.5, 0.6) is 5.75 Å². The van der Waals surface area contributed by atoms with Crippen molar-refractivity contribution in [3.8, 4) is 5.75 Å². The predicted octanol–water partition coefficient (Wildman–Crippen LogP) is 2.96. The van der Waals surface area contributed by atoms with E-state index in [9.17, 15) is 28.2 Å². The molecule has 0 fully saturated rings. The molecular weight excluding hydrogens is 357 g/mol. The summed E-state index contributed by atoms with van der Waals surface area (Å²) < 4.78 is 40.3. The van der Waals surface area contributed by atoms with Crippen molar-refractivity contribution in [1.82, 2.24) is 9.88 Å². The first kappa shape index (κ1) is 19.2. The van der Waals surface area contributed by atoms with Crippen molar-refractivity contribution >= 4 is 17.2 Å². The number of aliphatic hydroxyl groups is 1. The summed E-state index contributed by atoms with van der Waals surface area (Å²) in [4.78, 5) is 17.0. The monoisotopic (exact) mass is 374 g/mol. The molecule has 0 unspecified atom stereocenters. The number of amides is 1. The van der Waals surface area contributed by atoms with Gasteiger partial charge in [-0.05, 0) is 13.0 Å². The summed E-state index contributed by atoms with van der Waals surface area (Å²) in [5.41, 5.74) is -2.63. The van der Waals surface area contributed by atoms with Gasteiger partial charge < -0.3 is 15.1 Å². The number of carbonyl (C=O) groups is 1. The van der Waals surface area contributed by atoms with Crippen molar-refractivity contribution in [2.24, 2.45) is 0 Å². The van der Waals surface area contributed by atoms with E-state index >= 15 is 0 Å². The van der Waals surface area contributed by atoms with Crippen molar-refractivity contribution in [3.05, 3.63) is 45.9 Å². The van der Waals surface area contributed by atoms with E-state index in [1.54, 1.807) is 18.2 Å². The Morgan fingerprint density at radius 2 is 1.96 bits per heavy atom. The molecule has 5 nitrogen and oxygen atoms in total. The molecule has 2 N–H and O–H groups in total. The lowest BCUT2D eigenvalue weighted by Gasteiger charge is -2.30. The van der Waals surface area contributed by atoms with Crippen molar-refractivity contribution in [3.63, 3.8) is 0 Å². The molecule has 9 heteroatoms. The molecule has 1 aromatic heterocycles. The van der Waals surface area contributed by atoms with Crippen LogP contribution >= 0.6 is 11.3 Å². The molecule has 0 radical (unpaired) electrons. The number of aryl methyl sites for hydroxylation is 1. The third-order valence-corrected chi connectivity index (χ3v) is 4.78. The summed E-state index contributed by atoms with van der Waals surface area (Å²) in [5.74, 6) is -0.986. The van der Waals surface area contributed by atoms with Crippen LogP contribution in [0.1, 0.15) is 22.7 Å². The molecule has 1 atom stereocenters. The fourth-order valence-corrected chi connectivity index (χ4v) is 3.10. The Labute approximate surface area is 146 Å². The fraction of sp³-hybridized carbons (Fsp3) is 0.375. The minimum Gasteiger partial charge on any atom is -0.508 e. The van der Waals surface area contributed by atoms with Crippen molar-refractivity contribution in [2.75, 3.05) is 7.05 Å². The van der Waals surface area contributed by atoms with Crippen LogP contribution in [0, 0.1) is 6.92 Å². The largest absolute Gasteiger partial charge is 0.508 e. The first-order chi connectivity index (χ1) is 11.5. The number of halogens is 3. The van der Waals surface area contributed by atoms with E-state index in [4.69, 9.17) is 0 Å². The Morgan fingerprint density at radius 1 is 1.32 bits per heavy atom. The number of aromatic hydroxyl groups is 1. The number of para-hydroxylation sites is 1. The van der Waals surface area contributed by atoms with E-state index < -0.39 is 29.1 Å². The summed E-state index contributed by atoms with van der Waals surface area (Å²) in [5, 5.41) is 20.7. The van der Waals surface area contributed by atoms with Crippen LogP contribution in [0.25, 0.3) is 0 Å². The van der Waals surface area contributed by atoms with Gasteiger partial charge in [0.25, 0.3) is 0 Å². The number of alkyl halides is 3. The number of aromatic nitrogens is 1. The minimum absolute atomic E-state index is 0.0659. The normalized spacial score (nSPS) is 14.2. The van der Waals surface area contributed by atoms with Crippen molar-refractivity contribution < 1.29 is 28.2 Å². The topological polar surface area (TPSA) is 73.7 Å². The maximum Gasteiger partial charge on any atom is 0.424 e. The molecule has 25 heavy (non-hydrogen) atoms. The summed E-state index contributed by atoms with van der Waals surface area (Å²) in [6.45, 7) is 1.42. The number of phenols is 1. The molecule has 2 rings (SSSR count). The first-order valence-corrected chi connectivity index (χ1v) is 8.15. The smallest absolute Gasteiger partial charge is 0.424 e. The lowest BCUT2D eigenvalue weighted by molar-refractivity contribution is -0.268. The van der Waals surface area contributed by atoms with Crippen LogP contribution in [0.2, 0.25) is 0 Å². The van der Waals surface area contributed by atoms with Crippen LogP contribution in [0.15, 0.2) is 29.6 Å². The standard InChI is InChI=1S/C16H17F3N2O3S/c1-10-9-25-14(20-10)15(24,16(17,18)19)7-13(23)21(2)8-11-5-3-4-6-12(11)22/h3-6,9,22,24H,7-8H2,1-2H3/t15-/m1/s1. The molecule has 0 aliphatic rings. The summed E-state index contributed by atoms with van der Waals surface area (Å²) >= 11 is 0.652. The first-order valence-electron chi connectivity index (χ1n) is 7.27. The highest BCUT2D eigenvalue weighted by molar-refractivity contribution is 7.09. The van der Waals surface area contributed by atoms with E-state index in [-0.39, 0.29) is 12.3 Å². The van der Waals surface area contributed by atoms with E-state index in [0.29, 0.717) is 22.6 Å². The highest BCUT2D eigenvalue weighted by Gasteiger charge is 2.58. The van der Waals surface area contributed by atoms with Crippen LogP contribution in [-0.4, -0.2) is 39.2 Å². The van der Waals surface area contributed by atoms with Gasteiger partial charge >= 0.3 is 6.18 Å². The Hall–Kier alpha value is -2.13. The van der Waals surface area contributed by atoms with Crippen LogP contribution in [0.3, 0.4) is 0 Å². The predicted molar refractivity (Wildman–Crippen MR) is 86.0 cm³/mol. The van der Waals surface area contributed by atoms with Gasteiger partial charge in [-0.1, -0.05) is 18.2 Å². The van der Waals surface area contributed by atoms with Crippen molar-refractivity contribution in [1.29, 1.82) is 0 Å². The average molecular weight is 374 g/mol. The lowest BCUT2D eigenvalue weighted by Crippen LogP contribution is -2.46. The minimum atomic E-state index is -5.05. The zero-order chi connectivity index (χ0) is 18.8. The molecule has 0 saturated carbocycles. The Bertz CT molecular complexity index is 763. The van der Waals surface area contributed by atoms with Gasteiger partial charge in [-0.2, -0.15) is 13.2 Å². The lowest BCUT2D eigenvalue weighted by atomic mass is 9.98. The molecule has 0 bridgehead atoms. The highest BCUT2D eigenvalue weighted by atomic mass is 32.1. The van der Waals surface area contributed by atoms with Gasteiger partial charge in [0.15, 0.2) is 0 Å². The van der Waals surface area contributed by atoms with Crippen molar-refractivity contribution in [2.45, 2.75) is 31.7 Å². The summed E-state index contributed by atoms with van der Waals surface area (Å²) in [7, 11) is 1.30. The number of hydrogen-bond acceptors (Lipinski definition) is 5. The number of thiazole rings is 1. The molecule has 1 heterocycles.